The van der Waals surface area contributed by atoms with Gasteiger partial charge in [-0.2, -0.15) is 5.26 Å². The zero-order valence-corrected chi connectivity index (χ0v) is 10.1. The minimum atomic E-state index is -0.763. The van der Waals surface area contributed by atoms with Crippen LogP contribution in [-0.2, 0) is 4.79 Å². The maximum absolute atomic E-state index is 10.7. The molecule has 0 radical (unpaired) electrons. The van der Waals surface area contributed by atoms with Crippen LogP contribution in [0.1, 0.15) is 18.1 Å². The molecule has 0 heterocycles. The number of carbonyl (C=O) groups excluding carboxylic acids is 1. The van der Waals surface area contributed by atoms with Crippen LogP contribution in [-0.4, -0.2) is 22.5 Å². The standard InChI is InChI=1S/C12H11N3O4/c1-8(16)14-4-2-3-10-5-9(7-13)6-11(12(10)17)15(18)19/h2-3,5-6,17H,4H2,1H3,(H,14,16). The number of hydrogen-bond donors (Lipinski definition) is 2. The molecule has 0 saturated heterocycles. The summed E-state index contributed by atoms with van der Waals surface area (Å²) in [5.41, 5.74) is -0.307. The van der Waals surface area contributed by atoms with Gasteiger partial charge in [-0.15, -0.1) is 0 Å². The van der Waals surface area contributed by atoms with Crippen LogP contribution in [0.25, 0.3) is 6.08 Å². The van der Waals surface area contributed by atoms with Crippen LogP contribution >= 0.6 is 0 Å². The van der Waals surface area contributed by atoms with Gasteiger partial charge in [0, 0.05) is 25.1 Å². The molecule has 0 unspecified atom stereocenters. The fourth-order valence-electron chi connectivity index (χ4n) is 1.36. The van der Waals surface area contributed by atoms with Gasteiger partial charge in [-0.1, -0.05) is 12.2 Å². The number of rotatable bonds is 4. The topological polar surface area (TPSA) is 116 Å². The van der Waals surface area contributed by atoms with Crippen LogP contribution < -0.4 is 5.32 Å². The predicted octanol–water partition coefficient (Wildman–Crippen LogP) is 1.32. The number of hydrogen-bond acceptors (Lipinski definition) is 5. The van der Waals surface area contributed by atoms with Crippen molar-refractivity contribution in [3.8, 4) is 11.8 Å². The molecule has 1 rings (SSSR count). The number of nitriles is 1. The summed E-state index contributed by atoms with van der Waals surface area (Å²) in [4.78, 5) is 20.6. The third-order valence-corrected chi connectivity index (χ3v) is 2.21. The Morgan fingerprint density at radius 1 is 1.63 bits per heavy atom. The van der Waals surface area contributed by atoms with Crippen LogP contribution in [0.4, 0.5) is 5.69 Å². The number of nitrogens with one attached hydrogen (secondary N) is 1. The van der Waals surface area contributed by atoms with Gasteiger partial charge < -0.3 is 10.4 Å². The van der Waals surface area contributed by atoms with Gasteiger partial charge in [-0.3, -0.25) is 14.9 Å². The highest BCUT2D eigenvalue weighted by Crippen LogP contribution is 2.31. The second kappa shape index (κ2) is 6.16. The number of amides is 1. The Kier molecular flexibility index (Phi) is 4.60. The molecular formula is C12H11N3O4. The van der Waals surface area contributed by atoms with E-state index in [9.17, 15) is 20.0 Å². The summed E-state index contributed by atoms with van der Waals surface area (Å²) in [5, 5.41) is 31.7. The average Bonchev–Trinajstić information content (AvgIpc) is 2.35. The quantitative estimate of drug-likeness (QED) is 0.626. The van der Waals surface area contributed by atoms with Crippen LogP contribution in [0.3, 0.4) is 0 Å². The van der Waals surface area contributed by atoms with Gasteiger partial charge in [-0.25, -0.2) is 0 Å². The normalized spacial score (nSPS) is 10.1. The Hall–Kier alpha value is -2.88. The van der Waals surface area contributed by atoms with E-state index in [1.165, 1.54) is 25.1 Å². The molecule has 0 aliphatic rings. The first-order chi connectivity index (χ1) is 8.95. The van der Waals surface area contributed by atoms with E-state index in [1.54, 1.807) is 6.07 Å². The molecule has 0 atom stereocenters. The molecule has 7 nitrogen and oxygen atoms in total. The van der Waals surface area contributed by atoms with Crippen LogP contribution in [0.15, 0.2) is 18.2 Å². The van der Waals surface area contributed by atoms with Gasteiger partial charge in [0.2, 0.25) is 11.7 Å². The van der Waals surface area contributed by atoms with Gasteiger partial charge >= 0.3 is 5.69 Å². The number of benzene rings is 1. The lowest BCUT2D eigenvalue weighted by atomic mass is 10.1. The van der Waals surface area contributed by atoms with Crippen molar-refractivity contribution in [2.75, 3.05) is 6.54 Å². The third kappa shape index (κ3) is 3.81. The van der Waals surface area contributed by atoms with E-state index < -0.39 is 16.4 Å². The number of phenols is 1. The van der Waals surface area contributed by atoms with Crippen molar-refractivity contribution in [2.24, 2.45) is 0 Å². The minimum absolute atomic E-state index is 0.0728. The Labute approximate surface area is 108 Å². The molecule has 7 heteroatoms. The summed E-state index contributed by atoms with van der Waals surface area (Å²) in [6.45, 7) is 1.58. The summed E-state index contributed by atoms with van der Waals surface area (Å²) in [6, 6.07) is 4.11. The second-order valence-electron chi connectivity index (χ2n) is 3.64. The molecule has 0 saturated carbocycles. The van der Waals surface area contributed by atoms with E-state index in [-0.39, 0.29) is 23.6 Å². The number of carbonyl (C=O) groups is 1. The molecule has 1 aromatic rings. The first-order valence-corrected chi connectivity index (χ1v) is 5.28. The zero-order valence-electron chi connectivity index (χ0n) is 10.1. The number of phenolic OH excluding ortho intramolecular Hbond substituents is 1. The predicted molar refractivity (Wildman–Crippen MR) is 67.2 cm³/mol. The molecule has 2 N–H and O–H groups in total. The molecule has 0 aliphatic heterocycles. The molecule has 0 fully saturated rings. The van der Waals surface area contributed by atoms with Crippen LogP contribution in [0.2, 0.25) is 0 Å². The maximum Gasteiger partial charge on any atom is 0.312 e. The van der Waals surface area contributed by atoms with Crippen molar-refractivity contribution in [3.05, 3.63) is 39.4 Å². The lowest BCUT2D eigenvalue weighted by Crippen LogP contribution is -2.19. The van der Waals surface area contributed by atoms with Crippen molar-refractivity contribution in [1.29, 1.82) is 5.26 Å². The molecule has 1 amide bonds. The van der Waals surface area contributed by atoms with Crippen LogP contribution in [0, 0.1) is 21.4 Å². The number of nitrogens with zero attached hydrogens (tertiary/aromatic N) is 2. The van der Waals surface area contributed by atoms with E-state index in [1.807, 2.05) is 0 Å². The van der Waals surface area contributed by atoms with Gasteiger partial charge in [0.1, 0.15) is 0 Å². The van der Waals surface area contributed by atoms with Gasteiger partial charge in [0.05, 0.1) is 16.6 Å². The Morgan fingerprint density at radius 3 is 2.84 bits per heavy atom. The van der Waals surface area contributed by atoms with Crippen molar-refractivity contribution >= 4 is 17.7 Å². The fraction of sp³-hybridized carbons (Fsp3) is 0.167. The van der Waals surface area contributed by atoms with E-state index in [0.29, 0.717) is 0 Å². The first-order valence-electron chi connectivity index (χ1n) is 5.28. The second-order valence-corrected chi connectivity index (χ2v) is 3.64. The molecular weight excluding hydrogens is 250 g/mol. The highest BCUT2D eigenvalue weighted by Gasteiger charge is 2.17. The summed E-state index contributed by atoms with van der Waals surface area (Å²) in [5.74, 6) is -0.728. The Bertz CT molecular complexity index is 587. The van der Waals surface area contributed by atoms with Crippen molar-refractivity contribution in [2.45, 2.75) is 6.92 Å². The van der Waals surface area contributed by atoms with E-state index in [2.05, 4.69) is 5.32 Å². The lowest BCUT2D eigenvalue weighted by molar-refractivity contribution is -0.385. The van der Waals surface area contributed by atoms with E-state index in [4.69, 9.17) is 5.26 Å². The monoisotopic (exact) mass is 261 g/mol. The highest BCUT2D eigenvalue weighted by molar-refractivity contribution is 5.73. The number of nitro groups is 1. The molecule has 98 valence electrons. The van der Waals surface area contributed by atoms with E-state index >= 15 is 0 Å². The zero-order chi connectivity index (χ0) is 14.4. The summed E-state index contributed by atoms with van der Waals surface area (Å²) in [6.07, 6.45) is 2.92. The third-order valence-electron chi connectivity index (χ3n) is 2.21. The average molecular weight is 261 g/mol. The maximum atomic E-state index is 10.7. The molecule has 0 spiro atoms. The molecule has 19 heavy (non-hydrogen) atoms. The van der Waals surface area contributed by atoms with E-state index in [0.717, 1.165) is 6.07 Å². The fourth-order valence-corrected chi connectivity index (χ4v) is 1.36. The van der Waals surface area contributed by atoms with Crippen LogP contribution in [0.5, 0.6) is 5.75 Å². The smallest absolute Gasteiger partial charge is 0.312 e. The lowest BCUT2D eigenvalue weighted by Gasteiger charge is -2.02. The van der Waals surface area contributed by atoms with Crippen molar-refractivity contribution in [3.63, 3.8) is 0 Å². The summed E-state index contributed by atoms with van der Waals surface area (Å²) < 4.78 is 0. The summed E-state index contributed by atoms with van der Waals surface area (Å²) in [7, 11) is 0. The Balaban J connectivity index is 3.06. The van der Waals surface area contributed by atoms with Crippen molar-refractivity contribution in [1.82, 2.24) is 5.32 Å². The molecule has 0 aromatic heterocycles. The first kappa shape index (κ1) is 14.2. The van der Waals surface area contributed by atoms with Gasteiger partial charge in [0.25, 0.3) is 0 Å². The molecule has 0 aliphatic carbocycles. The highest BCUT2D eigenvalue weighted by atomic mass is 16.6. The molecule has 1 aromatic carbocycles. The minimum Gasteiger partial charge on any atom is -0.502 e. The number of nitro benzene ring substituents is 1. The Morgan fingerprint density at radius 2 is 2.32 bits per heavy atom. The largest absolute Gasteiger partial charge is 0.502 e. The van der Waals surface area contributed by atoms with Gasteiger partial charge in [-0.05, 0) is 6.07 Å². The van der Waals surface area contributed by atoms with Crippen molar-refractivity contribution < 1.29 is 14.8 Å². The SMILES string of the molecule is CC(=O)NCC=Cc1cc(C#N)cc([N+](=O)[O-])c1O. The summed E-state index contributed by atoms with van der Waals surface area (Å²) >= 11 is 0. The molecule has 0 bridgehead atoms. The number of aromatic hydroxyl groups is 1. The van der Waals surface area contributed by atoms with Gasteiger partial charge in [0.15, 0.2) is 0 Å².